The molecule has 5 nitrogen and oxygen atoms in total. The van der Waals surface area contributed by atoms with E-state index in [4.69, 9.17) is 4.52 Å². The molecule has 0 saturated carbocycles. The fraction of sp³-hybridized carbons (Fsp3) is 0.125. The van der Waals surface area contributed by atoms with Crippen LogP contribution >= 0.6 is 0 Å². The second kappa shape index (κ2) is 6.36. The highest BCUT2D eigenvalue weighted by atomic mass is 19.1. The first-order chi connectivity index (χ1) is 10.7. The molecule has 3 rings (SSSR count). The number of halogens is 1. The standard InChI is InChI=1S/C16H14FN3O2/c17-13-8-4-7-12(9-13)14(21)10-18-16-19-15(22-20-16)11-5-2-1-3-6-11/h1-9,14,21H,10H2,(H,18,20). The Kier molecular flexibility index (Phi) is 4.11. The van der Waals surface area contributed by atoms with Gasteiger partial charge in [-0.15, -0.1) is 0 Å². The molecule has 1 aromatic heterocycles. The predicted octanol–water partition coefficient (Wildman–Crippen LogP) is 3.02. The van der Waals surface area contributed by atoms with E-state index in [1.807, 2.05) is 30.3 Å². The van der Waals surface area contributed by atoms with Crippen molar-refractivity contribution in [1.29, 1.82) is 0 Å². The largest absolute Gasteiger partial charge is 0.387 e. The van der Waals surface area contributed by atoms with E-state index in [1.165, 1.54) is 12.1 Å². The molecule has 2 aromatic carbocycles. The summed E-state index contributed by atoms with van der Waals surface area (Å²) in [7, 11) is 0. The fourth-order valence-electron chi connectivity index (χ4n) is 2.01. The SMILES string of the molecule is OC(CNc1noc(-c2ccccc2)n1)c1cccc(F)c1. The molecule has 112 valence electrons. The summed E-state index contributed by atoms with van der Waals surface area (Å²) in [5.41, 5.74) is 1.30. The molecule has 0 spiro atoms. The molecule has 1 heterocycles. The zero-order chi connectivity index (χ0) is 15.4. The summed E-state index contributed by atoms with van der Waals surface area (Å²) in [6.07, 6.45) is -0.866. The van der Waals surface area contributed by atoms with Gasteiger partial charge in [0, 0.05) is 12.1 Å². The topological polar surface area (TPSA) is 71.2 Å². The first-order valence-corrected chi connectivity index (χ1v) is 6.79. The Morgan fingerprint density at radius 3 is 2.73 bits per heavy atom. The Balaban J connectivity index is 1.64. The van der Waals surface area contributed by atoms with Crippen LogP contribution in [-0.4, -0.2) is 21.8 Å². The predicted molar refractivity (Wildman–Crippen MR) is 79.6 cm³/mol. The van der Waals surface area contributed by atoms with Crippen LogP contribution in [0.25, 0.3) is 11.5 Å². The molecule has 0 aliphatic rings. The first-order valence-electron chi connectivity index (χ1n) is 6.79. The Morgan fingerprint density at radius 1 is 1.14 bits per heavy atom. The van der Waals surface area contributed by atoms with Gasteiger partial charge in [0.15, 0.2) is 0 Å². The lowest BCUT2D eigenvalue weighted by Gasteiger charge is -2.10. The van der Waals surface area contributed by atoms with E-state index in [0.29, 0.717) is 11.5 Å². The average molecular weight is 299 g/mol. The number of anilines is 1. The average Bonchev–Trinajstić information content (AvgIpc) is 3.02. The smallest absolute Gasteiger partial charge is 0.263 e. The Hall–Kier alpha value is -2.73. The molecule has 22 heavy (non-hydrogen) atoms. The fourth-order valence-corrected chi connectivity index (χ4v) is 2.01. The number of hydrogen-bond acceptors (Lipinski definition) is 5. The molecule has 1 atom stereocenters. The number of aliphatic hydroxyl groups is 1. The van der Waals surface area contributed by atoms with E-state index in [0.717, 1.165) is 5.56 Å². The van der Waals surface area contributed by atoms with Crippen molar-refractivity contribution in [2.75, 3.05) is 11.9 Å². The number of aromatic nitrogens is 2. The molecule has 2 N–H and O–H groups in total. The molecular weight excluding hydrogens is 285 g/mol. The molecule has 0 radical (unpaired) electrons. The summed E-state index contributed by atoms with van der Waals surface area (Å²) in [6, 6.07) is 15.2. The molecule has 0 saturated heterocycles. The zero-order valence-electron chi connectivity index (χ0n) is 11.6. The van der Waals surface area contributed by atoms with Crippen LogP contribution in [-0.2, 0) is 0 Å². The lowest BCUT2D eigenvalue weighted by Crippen LogP contribution is -2.13. The molecule has 0 aliphatic carbocycles. The maximum absolute atomic E-state index is 13.1. The van der Waals surface area contributed by atoms with E-state index in [1.54, 1.807) is 12.1 Å². The van der Waals surface area contributed by atoms with Gasteiger partial charge in [-0.05, 0) is 35.0 Å². The lowest BCUT2D eigenvalue weighted by molar-refractivity contribution is 0.191. The van der Waals surface area contributed by atoms with Crippen LogP contribution in [0.2, 0.25) is 0 Å². The van der Waals surface area contributed by atoms with E-state index >= 15 is 0 Å². The molecule has 0 fully saturated rings. The maximum Gasteiger partial charge on any atom is 0.263 e. The zero-order valence-corrected chi connectivity index (χ0v) is 11.6. The van der Waals surface area contributed by atoms with Crippen LogP contribution in [0.15, 0.2) is 59.1 Å². The van der Waals surface area contributed by atoms with Gasteiger partial charge >= 0.3 is 0 Å². The third-order valence-corrected chi connectivity index (χ3v) is 3.13. The summed E-state index contributed by atoms with van der Waals surface area (Å²) >= 11 is 0. The number of hydrogen-bond donors (Lipinski definition) is 2. The summed E-state index contributed by atoms with van der Waals surface area (Å²) in [6.45, 7) is 0.150. The van der Waals surface area contributed by atoms with Gasteiger partial charge in [-0.3, -0.25) is 0 Å². The van der Waals surface area contributed by atoms with Gasteiger partial charge < -0.3 is 14.9 Å². The van der Waals surface area contributed by atoms with Crippen molar-refractivity contribution in [3.8, 4) is 11.5 Å². The number of aliphatic hydroxyl groups excluding tert-OH is 1. The van der Waals surface area contributed by atoms with Crippen molar-refractivity contribution in [2.45, 2.75) is 6.10 Å². The van der Waals surface area contributed by atoms with Crippen molar-refractivity contribution in [3.05, 3.63) is 66.0 Å². The third kappa shape index (κ3) is 3.29. The van der Waals surface area contributed by atoms with Gasteiger partial charge in [0.05, 0.1) is 6.10 Å². The number of rotatable bonds is 5. The summed E-state index contributed by atoms with van der Waals surface area (Å²) in [4.78, 5) is 4.19. The van der Waals surface area contributed by atoms with Crippen LogP contribution < -0.4 is 5.32 Å². The minimum Gasteiger partial charge on any atom is -0.387 e. The quantitative estimate of drug-likeness (QED) is 0.757. The second-order valence-corrected chi connectivity index (χ2v) is 4.74. The Bertz CT molecular complexity index is 746. The summed E-state index contributed by atoms with van der Waals surface area (Å²) < 4.78 is 18.3. The van der Waals surface area contributed by atoms with Crippen LogP contribution in [0.3, 0.4) is 0 Å². The van der Waals surface area contributed by atoms with Crippen molar-refractivity contribution in [3.63, 3.8) is 0 Å². The summed E-state index contributed by atoms with van der Waals surface area (Å²) in [5, 5.41) is 16.7. The van der Waals surface area contributed by atoms with Crippen molar-refractivity contribution in [2.24, 2.45) is 0 Å². The monoisotopic (exact) mass is 299 g/mol. The van der Waals surface area contributed by atoms with Crippen molar-refractivity contribution >= 4 is 5.95 Å². The molecule has 0 bridgehead atoms. The van der Waals surface area contributed by atoms with Gasteiger partial charge in [0.1, 0.15) is 5.82 Å². The van der Waals surface area contributed by atoms with Crippen LogP contribution in [0.1, 0.15) is 11.7 Å². The van der Waals surface area contributed by atoms with Gasteiger partial charge in [-0.1, -0.05) is 30.3 Å². The Labute approximate surface area is 126 Å². The normalized spacial score (nSPS) is 12.1. The minimum atomic E-state index is -0.866. The van der Waals surface area contributed by atoms with Crippen LogP contribution in [0, 0.1) is 5.82 Å². The summed E-state index contributed by atoms with van der Waals surface area (Å²) in [5.74, 6) is 0.278. The third-order valence-electron chi connectivity index (χ3n) is 3.13. The first kappa shape index (κ1) is 14.2. The van der Waals surface area contributed by atoms with E-state index in [2.05, 4.69) is 15.5 Å². The lowest BCUT2D eigenvalue weighted by atomic mass is 10.1. The number of benzene rings is 2. The second-order valence-electron chi connectivity index (χ2n) is 4.74. The molecule has 6 heteroatoms. The molecule has 0 amide bonds. The van der Waals surface area contributed by atoms with Gasteiger partial charge in [-0.2, -0.15) is 4.98 Å². The highest BCUT2D eigenvalue weighted by molar-refractivity contribution is 5.53. The van der Waals surface area contributed by atoms with E-state index in [9.17, 15) is 9.50 Å². The van der Waals surface area contributed by atoms with E-state index in [-0.39, 0.29) is 18.3 Å². The molecule has 3 aromatic rings. The van der Waals surface area contributed by atoms with E-state index < -0.39 is 6.10 Å². The van der Waals surface area contributed by atoms with Gasteiger partial charge in [0.25, 0.3) is 11.8 Å². The highest BCUT2D eigenvalue weighted by Gasteiger charge is 2.11. The molecule has 0 aliphatic heterocycles. The van der Waals surface area contributed by atoms with Crippen LogP contribution in [0.4, 0.5) is 10.3 Å². The number of nitrogens with zero attached hydrogens (tertiary/aromatic N) is 2. The molecule has 1 unspecified atom stereocenters. The van der Waals surface area contributed by atoms with Gasteiger partial charge in [0.2, 0.25) is 0 Å². The maximum atomic E-state index is 13.1. The van der Waals surface area contributed by atoms with Crippen molar-refractivity contribution < 1.29 is 14.0 Å². The molecular formula is C16H14FN3O2. The Morgan fingerprint density at radius 2 is 1.95 bits per heavy atom. The van der Waals surface area contributed by atoms with Crippen molar-refractivity contribution in [1.82, 2.24) is 10.1 Å². The minimum absolute atomic E-state index is 0.150. The van der Waals surface area contributed by atoms with Gasteiger partial charge in [-0.25, -0.2) is 4.39 Å². The van der Waals surface area contributed by atoms with Crippen LogP contribution in [0.5, 0.6) is 0 Å². The highest BCUT2D eigenvalue weighted by Crippen LogP contribution is 2.19. The number of nitrogens with one attached hydrogen (secondary N) is 1.